The van der Waals surface area contributed by atoms with Crippen molar-refractivity contribution < 1.29 is 22.7 Å². The summed E-state index contributed by atoms with van der Waals surface area (Å²) in [4.78, 5) is 24.5. The minimum absolute atomic E-state index is 0.187. The van der Waals surface area contributed by atoms with Crippen LogP contribution in [0.25, 0.3) is 6.08 Å². The van der Waals surface area contributed by atoms with Crippen LogP contribution in [0.2, 0.25) is 5.02 Å². The first kappa shape index (κ1) is 23.8. The Balaban J connectivity index is 2.02. The molecule has 8 heteroatoms. The van der Waals surface area contributed by atoms with E-state index < -0.39 is 22.1 Å². The second kappa shape index (κ2) is 10.5. The third-order valence-electron chi connectivity index (χ3n) is 4.41. The fourth-order valence-electron chi connectivity index (χ4n) is 2.77. The van der Waals surface area contributed by atoms with Gasteiger partial charge in [0, 0.05) is 29.8 Å². The highest BCUT2D eigenvalue weighted by Crippen LogP contribution is 2.17. The van der Waals surface area contributed by atoms with Crippen molar-refractivity contribution in [2.45, 2.75) is 31.8 Å². The molecule has 6 nitrogen and oxygen atoms in total. The van der Waals surface area contributed by atoms with Gasteiger partial charge in [0.2, 0.25) is 15.8 Å². The first-order valence-electron chi connectivity index (χ1n) is 9.47. The summed E-state index contributed by atoms with van der Waals surface area (Å²) < 4.78 is 31.5. The number of ether oxygens (including phenoxy) is 1. The van der Waals surface area contributed by atoms with Gasteiger partial charge in [0.1, 0.15) is 0 Å². The van der Waals surface area contributed by atoms with Crippen LogP contribution < -0.4 is 0 Å². The molecule has 0 aliphatic heterocycles. The third kappa shape index (κ3) is 6.01. The summed E-state index contributed by atoms with van der Waals surface area (Å²) in [5.74, 6) is -1.04. The molecule has 0 amide bonds. The van der Waals surface area contributed by atoms with Crippen LogP contribution in [0.15, 0.2) is 59.5 Å². The van der Waals surface area contributed by atoms with E-state index in [0.717, 1.165) is 0 Å². The molecule has 0 bridgehead atoms. The molecule has 0 heterocycles. The van der Waals surface area contributed by atoms with Crippen molar-refractivity contribution in [2.75, 3.05) is 13.1 Å². The van der Waals surface area contributed by atoms with Crippen molar-refractivity contribution in [3.05, 3.63) is 70.8 Å². The minimum Gasteiger partial charge on any atom is -0.451 e. The highest BCUT2D eigenvalue weighted by Gasteiger charge is 2.21. The Morgan fingerprint density at radius 1 is 1.10 bits per heavy atom. The quantitative estimate of drug-likeness (QED) is 0.325. The van der Waals surface area contributed by atoms with E-state index in [1.807, 2.05) is 0 Å². The van der Waals surface area contributed by atoms with Crippen molar-refractivity contribution in [2.24, 2.45) is 0 Å². The molecule has 2 aromatic rings. The lowest BCUT2D eigenvalue weighted by Gasteiger charge is -2.18. The highest BCUT2D eigenvalue weighted by atomic mass is 35.5. The van der Waals surface area contributed by atoms with Crippen LogP contribution in [0.3, 0.4) is 0 Å². The van der Waals surface area contributed by atoms with Gasteiger partial charge in [-0.15, -0.1) is 0 Å². The predicted molar refractivity (Wildman–Crippen MR) is 117 cm³/mol. The van der Waals surface area contributed by atoms with Crippen LogP contribution in [0.5, 0.6) is 0 Å². The van der Waals surface area contributed by atoms with E-state index in [1.54, 1.807) is 44.2 Å². The average Bonchev–Trinajstić information content (AvgIpc) is 2.72. The van der Waals surface area contributed by atoms with Crippen molar-refractivity contribution in [3.63, 3.8) is 0 Å². The van der Waals surface area contributed by atoms with Crippen LogP contribution in [-0.2, 0) is 19.6 Å². The Morgan fingerprint density at radius 3 is 2.30 bits per heavy atom. The lowest BCUT2D eigenvalue weighted by atomic mass is 10.1. The summed E-state index contributed by atoms with van der Waals surface area (Å²) in [5, 5.41) is 0.422. The lowest BCUT2D eigenvalue weighted by Crippen LogP contribution is -2.30. The standard InChI is InChI=1S/C22H24ClNO5S/c1-4-24(5-2)30(27,28)20-12-9-17(10-13-20)11-14-21(25)29-16(3)22(26)18-7-6-8-19(23)15-18/h6-16H,4-5H2,1-3H3/b14-11+. The minimum atomic E-state index is -3.53. The predicted octanol–water partition coefficient (Wildman–Crippen LogP) is 4.20. The number of sulfonamides is 1. The fourth-order valence-corrected chi connectivity index (χ4v) is 4.42. The number of carbonyl (C=O) groups is 2. The average molecular weight is 450 g/mol. The molecule has 30 heavy (non-hydrogen) atoms. The molecular weight excluding hydrogens is 426 g/mol. The highest BCUT2D eigenvalue weighted by molar-refractivity contribution is 7.89. The molecule has 2 aromatic carbocycles. The normalized spacial score (nSPS) is 12.8. The number of halogens is 1. The zero-order valence-corrected chi connectivity index (χ0v) is 18.6. The maximum absolute atomic E-state index is 12.5. The number of hydrogen-bond donors (Lipinski definition) is 0. The molecule has 160 valence electrons. The second-order valence-electron chi connectivity index (χ2n) is 6.45. The lowest BCUT2D eigenvalue weighted by molar-refractivity contribution is -0.140. The van der Waals surface area contributed by atoms with Gasteiger partial charge >= 0.3 is 5.97 Å². The van der Waals surface area contributed by atoms with Crippen LogP contribution in [0.4, 0.5) is 0 Å². The van der Waals surface area contributed by atoms with Gasteiger partial charge < -0.3 is 4.74 Å². The molecule has 0 aliphatic carbocycles. The van der Waals surface area contributed by atoms with Gasteiger partial charge in [0.15, 0.2) is 6.10 Å². The van der Waals surface area contributed by atoms with Crippen molar-refractivity contribution in [1.29, 1.82) is 0 Å². The summed E-state index contributed by atoms with van der Waals surface area (Å²) in [6.45, 7) is 5.82. The van der Waals surface area contributed by atoms with Crippen molar-refractivity contribution in [3.8, 4) is 0 Å². The maximum atomic E-state index is 12.5. The summed E-state index contributed by atoms with van der Waals surface area (Å²) >= 11 is 5.88. The molecule has 0 spiro atoms. The third-order valence-corrected chi connectivity index (χ3v) is 6.71. The SMILES string of the molecule is CCN(CC)S(=O)(=O)c1ccc(/C=C/C(=O)OC(C)C(=O)c2cccc(Cl)c2)cc1. The number of carbonyl (C=O) groups excluding carboxylic acids is 2. The molecule has 2 rings (SSSR count). The van der Waals surface area contributed by atoms with Crippen LogP contribution in [0, 0.1) is 0 Å². The monoisotopic (exact) mass is 449 g/mol. The van der Waals surface area contributed by atoms with E-state index in [-0.39, 0.29) is 10.7 Å². The molecule has 0 fully saturated rings. The molecule has 0 N–H and O–H groups in total. The van der Waals surface area contributed by atoms with Gasteiger partial charge in [-0.1, -0.05) is 49.7 Å². The fraction of sp³-hybridized carbons (Fsp3) is 0.273. The summed E-state index contributed by atoms with van der Waals surface area (Å²) in [6, 6.07) is 12.6. The number of Topliss-reactive ketones (excluding diaryl/α,β-unsaturated/α-hetero) is 1. The largest absolute Gasteiger partial charge is 0.451 e. The number of rotatable bonds is 9. The summed E-state index contributed by atoms with van der Waals surface area (Å²) in [6.07, 6.45) is 1.71. The first-order valence-corrected chi connectivity index (χ1v) is 11.3. The van der Waals surface area contributed by atoms with Gasteiger partial charge in [-0.25, -0.2) is 13.2 Å². The molecular formula is C22H24ClNO5S. The van der Waals surface area contributed by atoms with Gasteiger partial charge in [0.05, 0.1) is 4.90 Å². The Kier molecular flexibility index (Phi) is 8.34. The zero-order valence-electron chi connectivity index (χ0n) is 17.0. The van der Waals surface area contributed by atoms with E-state index in [9.17, 15) is 18.0 Å². The zero-order chi connectivity index (χ0) is 22.3. The van der Waals surface area contributed by atoms with E-state index in [2.05, 4.69) is 0 Å². The number of ketones is 1. The van der Waals surface area contributed by atoms with E-state index >= 15 is 0 Å². The Hall–Kier alpha value is -2.48. The van der Waals surface area contributed by atoms with Crippen LogP contribution >= 0.6 is 11.6 Å². The van der Waals surface area contributed by atoms with Gasteiger partial charge in [-0.3, -0.25) is 4.79 Å². The summed E-state index contributed by atoms with van der Waals surface area (Å²) in [7, 11) is -3.53. The molecule has 0 saturated heterocycles. The Morgan fingerprint density at radius 2 is 1.73 bits per heavy atom. The maximum Gasteiger partial charge on any atom is 0.331 e. The van der Waals surface area contributed by atoms with E-state index in [4.69, 9.17) is 16.3 Å². The topological polar surface area (TPSA) is 80.8 Å². The molecule has 0 saturated carbocycles. The second-order valence-corrected chi connectivity index (χ2v) is 8.82. The molecule has 0 radical (unpaired) electrons. The summed E-state index contributed by atoms with van der Waals surface area (Å²) in [5.41, 5.74) is 0.982. The van der Waals surface area contributed by atoms with Crippen LogP contribution in [-0.4, -0.2) is 43.7 Å². The molecule has 0 aromatic heterocycles. The number of hydrogen-bond acceptors (Lipinski definition) is 5. The van der Waals surface area contributed by atoms with Gasteiger partial charge in [0.25, 0.3) is 0 Å². The Bertz CT molecular complexity index is 1030. The van der Waals surface area contributed by atoms with E-state index in [1.165, 1.54) is 41.6 Å². The molecule has 1 unspecified atom stereocenters. The molecule has 0 aliphatic rings. The van der Waals surface area contributed by atoms with Crippen molar-refractivity contribution in [1.82, 2.24) is 4.31 Å². The first-order chi connectivity index (χ1) is 14.2. The smallest absolute Gasteiger partial charge is 0.331 e. The van der Waals surface area contributed by atoms with Gasteiger partial charge in [-0.05, 0) is 42.8 Å². The van der Waals surface area contributed by atoms with E-state index in [0.29, 0.717) is 29.2 Å². The van der Waals surface area contributed by atoms with Crippen molar-refractivity contribution >= 4 is 39.5 Å². The Labute approximate surface area is 182 Å². The van der Waals surface area contributed by atoms with Gasteiger partial charge in [-0.2, -0.15) is 4.31 Å². The van der Waals surface area contributed by atoms with Crippen LogP contribution in [0.1, 0.15) is 36.7 Å². The molecule has 1 atom stereocenters. The number of nitrogens with zero attached hydrogens (tertiary/aromatic N) is 1. The number of benzene rings is 2. The number of esters is 1.